The first-order valence-corrected chi connectivity index (χ1v) is 8.34. The van der Waals surface area contributed by atoms with E-state index in [-0.39, 0.29) is 23.5 Å². The van der Waals surface area contributed by atoms with E-state index >= 15 is 0 Å². The third-order valence-corrected chi connectivity index (χ3v) is 4.45. The van der Waals surface area contributed by atoms with E-state index in [1.165, 1.54) is 6.07 Å². The van der Waals surface area contributed by atoms with Gasteiger partial charge in [-0.05, 0) is 42.7 Å². The Kier molecular flexibility index (Phi) is 5.14. The van der Waals surface area contributed by atoms with Crippen LogP contribution >= 0.6 is 0 Å². The smallest absolute Gasteiger partial charge is 0.335 e. The number of carboxylic acids is 1. The third-order valence-electron chi connectivity index (χ3n) is 4.45. The highest BCUT2D eigenvalue weighted by Crippen LogP contribution is 2.33. The Balaban J connectivity index is 1.67. The fourth-order valence-corrected chi connectivity index (χ4v) is 3.22. The van der Waals surface area contributed by atoms with Crippen LogP contribution in [0.3, 0.4) is 0 Å². The number of rotatable bonds is 5. The van der Waals surface area contributed by atoms with Crippen LogP contribution in [0.1, 0.15) is 44.4 Å². The summed E-state index contributed by atoms with van der Waals surface area (Å²) < 4.78 is 5.83. The Morgan fingerprint density at radius 3 is 2.60 bits per heavy atom. The van der Waals surface area contributed by atoms with E-state index in [0.29, 0.717) is 18.7 Å². The van der Waals surface area contributed by atoms with Gasteiger partial charge in [0.2, 0.25) is 0 Å². The molecule has 2 aromatic rings. The number of aryl methyl sites for hydroxylation is 1. The summed E-state index contributed by atoms with van der Waals surface area (Å²) in [7, 11) is 0. The summed E-state index contributed by atoms with van der Waals surface area (Å²) in [4.78, 5) is 23.6. The summed E-state index contributed by atoms with van der Waals surface area (Å²) in [5, 5.41) is 12.1. The number of carbonyl (C=O) groups excluding carboxylic acids is 1. The summed E-state index contributed by atoms with van der Waals surface area (Å²) in [5.41, 5.74) is 2.35. The number of ether oxygens (including phenoxy) is 1. The molecule has 0 aliphatic carbocycles. The fraction of sp³-hybridized carbons (Fsp3) is 0.300. The number of carboxylic acid groups (broad SMARTS) is 1. The van der Waals surface area contributed by atoms with Crippen LogP contribution in [-0.2, 0) is 4.74 Å². The SMILES string of the molecule is Cc1cc(C(=O)O)cc(C(=O)NC[C@H]2CCO[C@@H]2c2ccccc2)c1. The van der Waals surface area contributed by atoms with E-state index in [1.54, 1.807) is 19.1 Å². The minimum atomic E-state index is -1.04. The molecule has 0 spiro atoms. The van der Waals surface area contributed by atoms with Crippen LogP contribution in [0.25, 0.3) is 0 Å². The first-order valence-electron chi connectivity index (χ1n) is 8.34. The zero-order chi connectivity index (χ0) is 17.8. The maximum atomic E-state index is 12.4. The van der Waals surface area contributed by atoms with Crippen LogP contribution < -0.4 is 5.32 Å². The number of benzene rings is 2. The molecule has 0 aromatic heterocycles. The van der Waals surface area contributed by atoms with Crippen molar-refractivity contribution in [1.29, 1.82) is 0 Å². The van der Waals surface area contributed by atoms with E-state index in [2.05, 4.69) is 5.32 Å². The third kappa shape index (κ3) is 4.06. The molecule has 1 aliphatic heterocycles. The highest BCUT2D eigenvalue weighted by Gasteiger charge is 2.29. The van der Waals surface area contributed by atoms with Crippen LogP contribution in [0, 0.1) is 12.8 Å². The standard InChI is InChI=1S/C20H21NO4/c1-13-9-16(11-17(10-13)20(23)24)19(22)21-12-15-7-8-25-18(15)14-5-3-2-4-6-14/h2-6,9-11,15,18H,7-8,12H2,1H3,(H,21,22)(H,23,24)/t15-,18-/m1/s1. The molecule has 5 heteroatoms. The average molecular weight is 339 g/mol. The van der Waals surface area contributed by atoms with E-state index in [9.17, 15) is 9.59 Å². The number of carbonyl (C=O) groups is 2. The normalized spacial score (nSPS) is 19.6. The van der Waals surface area contributed by atoms with Crippen molar-refractivity contribution in [2.45, 2.75) is 19.4 Å². The molecular weight excluding hydrogens is 318 g/mol. The second-order valence-corrected chi connectivity index (χ2v) is 6.35. The Morgan fingerprint density at radius 2 is 1.88 bits per heavy atom. The van der Waals surface area contributed by atoms with Crippen molar-refractivity contribution >= 4 is 11.9 Å². The quantitative estimate of drug-likeness (QED) is 0.877. The number of aromatic carboxylic acids is 1. The molecule has 5 nitrogen and oxygen atoms in total. The van der Waals surface area contributed by atoms with Gasteiger partial charge in [-0.25, -0.2) is 4.79 Å². The fourth-order valence-electron chi connectivity index (χ4n) is 3.22. The van der Waals surface area contributed by atoms with E-state index in [1.807, 2.05) is 30.3 Å². The summed E-state index contributed by atoms with van der Waals surface area (Å²) >= 11 is 0. The molecule has 1 fully saturated rings. The summed E-state index contributed by atoms with van der Waals surface area (Å²) in [6.45, 7) is 2.95. The van der Waals surface area contributed by atoms with Gasteiger partial charge in [0.1, 0.15) is 0 Å². The first-order chi connectivity index (χ1) is 12.0. The molecule has 1 amide bonds. The number of hydrogen-bond acceptors (Lipinski definition) is 3. The number of nitrogens with one attached hydrogen (secondary N) is 1. The van der Waals surface area contributed by atoms with Gasteiger partial charge < -0.3 is 15.2 Å². The predicted octanol–water partition coefficient (Wildman–Crippen LogP) is 3.20. The van der Waals surface area contributed by atoms with Gasteiger partial charge in [0.05, 0.1) is 11.7 Å². The van der Waals surface area contributed by atoms with Crippen molar-refractivity contribution in [2.24, 2.45) is 5.92 Å². The summed E-state index contributed by atoms with van der Waals surface area (Å²) in [5.74, 6) is -1.09. The molecule has 25 heavy (non-hydrogen) atoms. The Morgan fingerprint density at radius 1 is 1.16 bits per heavy atom. The average Bonchev–Trinajstić information content (AvgIpc) is 3.08. The highest BCUT2D eigenvalue weighted by molar-refractivity contribution is 5.97. The molecular formula is C20H21NO4. The van der Waals surface area contributed by atoms with Gasteiger partial charge in [0, 0.05) is 24.6 Å². The van der Waals surface area contributed by atoms with Crippen molar-refractivity contribution in [3.8, 4) is 0 Å². The minimum Gasteiger partial charge on any atom is -0.478 e. The lowest BCUT2D eigenvalue weighted by Gasteiger charge is -2.19. The zero-order valence-electron chi connectivity index (χ0n) is 14.1. The lowest BCUT2D eigenvalue weighted by atomic mass is 9.95. The van der Waals surface area contributed by atoms with Crippen molar-refractivity contribution in [3.63, 3.8) is 0 Å². The maximum Gasteiger partial charge on any atom is 0.335 e. The molecule has 2 aromatic carbocycles. The maximum absolute atomic E-state index is 12.4. The molecule has 0 saturated carbocycles. The second kappa shape index (κ2) is 7.49. The summed E-state index contributed by atoms with van der Waals surface area (Å²) in [6.07, 6.45) is 0.863. The monoisotopic (exact) mass is 339 g/mol. The molecule has 1 heterocycles. The largest absolute Gasteiger partial charge is 0.478 e. The van der Waals surface area contributed by atoms with Crippen molar-refractivity contribution < 1.29 is 19.4 Å². The van der Waals surface area contributed by atoms with Gasteiger partial charge in [0.25, 0.3) is 5.91 Å². The van der Waals surface area contributed by atoms with E-state index in [0.717, 1.165) is 17.5 Å². The van der Waals surface area contributed by atoms with Gasteiger partial charge in [-0.2, -0.15) is 0 Å². The number of hydrogen-bond donors (Lipinski definition) is 2. The van der Waals surface area contributed by atoms with E-state index in [4.69, 9.17) is 9.84 Å². The first kappa shape index (κ1) is 17.2. The molecule has 0 unspecified atom stereocenters. The molecule has 0 radical (unpaired) electrons. The Bertz CT molecular complexity index is 773. The predicted molar refractivity (Wildman–Crippen MR) is 93.7 cm³/mol. The van der Waals surface area contributed by atoms with Crippen molar-refractivity contribution in [1.82, 2.24) is 5.32 Å². The zero-order valence-corrected chi connectivity index (χ0v) is 14.1. The molecule has 1 aliphatic rings. The minimum absolute atomic E-state index is 0.0198. The lowest BCUT2D eigenvalue weighted by molar-refractivity contribution is 0.0696. The Hall–Kier alpha value is -2.66. The molecule has 2 atom stereocenters. The van der Waals surface area contributed by atoms with Gasteiger partial charge in [-0.15, -0.1) is 0 Å². The van der Waals surface area contributed by atoms with Crippen LogP contribution in [0.5, 0.6) is 0 Å². The molecule has 3 rings (SSSR count). The number of amides is 1. The highest BCUT2D eigenvalue weighted by atomic mass is 16.5. The molecule has 130 valence electrons. The van der Waals surface area contributed by atoms with Gasteiger partial charge in [0.15, 0.2) is 0 Å². The molecule has 2 N–H and O–H groups in total. The van der Waals surface area contributed by atoms with Crippen LogP contribution in [0.4, 0.5) is 0 Å². The molecule has 0 bridgehead atoms. The second-order valence-electron chi connectivity index (χ2n) is 6.35. The van der Waals surface area contributed by atoms with Crippen molar-refractivity contribution in [3.05, 3.63) is 70.8 Å². The van der Waals surface area contributed by atoms with Gasteiger partial charge in [-0.1, -0.05) is 30.3 Å². The van der Waals surface area contributed by atoms with Crippen LogP contribution in [0.15, 0.2) is 48.5 Å². The van der Waals surface area contributed by atoms with Crippen molar-refractivity contribution in [2.75, 3.05) is 13.2 Å². The summed E-state index contributed by atoms with van der Waals surface area (Å²) in [6, 6.07) is 14.6. The lowest BCUT2D eigenvalue weighted by Crippen LogP contribution is -2.30. The van der Waals surface area contributed by atoms with Gasteiger partial charge >= 0.3 is 5.97 Å². The van der Waals surface area contributed by atoms with E-state index < -0.39 is 5.97 Å². The molecule has 1 saturated heterocycles. The Labute approximate surface area is 146 Å². The van der Waals surface area contributed by atoms with Crippen LogP contribution in [0.2, 0.25) is 0 Å². The van der Waals surface area contributed by atoms with Gasteiger partial charge in [-0.3, -0.25) is 4.79 Å². The van der Waals surface area contributed by atoms with Crippen LogP contribution in [-0.4, -0.2) is 30.1 Å². The topological polar surface area (TPSA) is 75.6 Å².